The third kappa shape index (κ3) is 4.88. The van der Waals surface area contributed by atoms with Crippen LogP contribution < -0.4 is 9.62 Å². The topological polar surface area (TPSA) is 66.5 Å². The molecule has 0 atom stereocenters. The van der Waals surface area contributed by atoms with Gasteiger partial charge in [-0.05, 0) is 31.0 Å². The average Bonchev–Trinajstić information content (AvgIpc) is 2.33. The van der Waals surface area contributed by atoms with Gasteiger partial charge in [-0.15, -0.1) is 0 Å². The van der Waals surface area contributed by atoms with Gasteiger partial charge in [-0.3, -0.25) is 9.10 Å². The molecule has 0 saturated carbocycles. The lowest BCUT2D eigenvalue weighted by atomic mass is 10.1. The van der Waals surface area contributed by atoms with Crippen molar-refractivity contribution in [3.05, 3.63) is 28.3 Å². The lowest BCUT2D eigenvalue weighted by Gasteiger charge is -2.26. The summed E-state index contributed by atoms with van der Waals surface area (Å²) in [4.78, 5) is 11.6. The first kappa shape index (κ1) is 18.8. The van der Waals surface area contributed by atoms with Crippen LogP contribution in [0.1, 0.15) is 25.0 Å². The second-order valence-corrected chi connectivity index (χ2v) is 8.01. The zero-order chi connectivity index (χ0) is 17.1. The van der Waals surface area contributed by atoms with Crippen molar-refractivity contribution in [2.75, 3.05) is 23.7 Å². The van der Waals surface area contributed by atoms with Crippen LogP contribution in [0.5, 0.6) is 0 Å². The van der Waals surface area contributed by atoms with E-state index in [9.17, 15) is 13.2 Å². The molecule has 1 N–H and O–H groups in total. The largest absolute Gasteiger partial charge is 0.354 e. The van der Waals surface area contributed by atoms with E-state index in [-0.39, 0.29) is 24.9 Å². The second kappa shape index (κ2) is 7.33. The number of anilines is 1. The maximum atomic E-state index is 12.1. The van der Waals surface area contributed by atoms with Crippen LogP contribution in [0.25, 0.3) is 0 Å². The standard InChI is InChI=1S/C15H23ClN2O3S/c1-10(2)15(19)17-6-7-18(22(5,20)21)14-12(4)8-11(3)9-13(14)16/h8-10H,6-7H2,1-5H3,(H,17,19). The number of aryl methyl sites for hydroxylation is 2. The van der Waals surface area contributed by atoms with Crippen LogP contribution in [0.4, 0.5) is 5.69 Å². The highest BCUT2D eigenvalue weighted by molar-refractivity contribution is 7.92. The summed E-state index contributed by atoms with van der Waals surface area (Å²) in [6.07, 6.45) is 1.13. The van der Waals surface area contributed by atoms with Crippen molar-refractivity contribution in [1.82, 2.24) is 5.32 Å². The predicted octanol–water partition coefficient (Wildman–Crippen LogP) is 2.50. The predicted molar refractivity (Wildman–Crippen MR) is 91.0 cm³/mol. The number of nitrogens with one attached hydrogen (secondary N) is 1. The Kier molecular flexibility index (Phi) is 6.26. The SMILES string of the molecule is Cc1cc(C)c(N(CCNC(=O)C(C)C)S(C)(=O)=O)c(Cl)c1. The Bertz CT molecular complexity index is 634. The number of carbonyl (C=O) groups is 1. The minimum absolute atomic E-state index is 0.111. The molecule has 22 heavy (non-hydrogen) atoms. The van der Waals surface area contributed by atoms with Crippen molar-refractivity contribution < 1.29 is 13.2 Å². The normalized spacial score (nSPS) is 11.6. The van der Waals surface area contributed by atoms with E-state index < -0.39 is 10.0 Å². The van der Waals surface area contributed by atoms with Crippen molar-refractivity contribution in [2.24, 2.45) is 5.92 Å². The molecule has 0 aliphatic heterocycles. The summed E-state index contributed by atoms with van der Waals surface area (Å²) in [6, 6.07) is 3.61. The van der Waals surface area contributed by atoms with Gasteiger partial charge >= 0.3 is 0 Å². The molecule has 0 radical (unpaired) electrons. The lowest BCUT2D eigenvalue weighted by molar-refractivity contribution is -0.123. The minimum atomic E-state index is -3.50. The molecule has 0 fully saturated rings. The summed E-state index contributed by atoms with van der Waals surface area (Å²) in [5, 5.41) is 3.10. The van der Waals surface area contributed by atoms with E-state index in [4.69, 9.17) is 11.6 Å². The molecule has 0 bridgehead atoms. The van der Waals surface area contributed by atoms with Gasteiger partial charge in [0.05, 0.1) is 23.5 Å². The first-order valence-corrected chi connectivity index (χ1v) is 9.29. The van der Waals surface area contributed by atoms with Crippen LogP contribution in [0.3, 0.4) is 0 Å². The van der Waals surface area contributed by atoms with Gasteiger partial charge in [0.1, 0.15) is 0 Å². The summed E-state index contributed by atoms with van der Waals surface area (Å²) in [6.45, 7) is 7.65. The fourth-order valence-corrected chi connectivity index (χ4v) is 3.62. The highest BCUT2D eigenvalue weighted by atomic mass is 35.5. The van der Waals surface area contributed by atoms with E-state index in [1.54, 1.807) is 19.9 Å². The highest BCUT2D eigenvalue weighted by Crippen LogP contribution is 2.32. The van der Waals surface area contributed by atoms with Crippen LogP contribution in [-0.4, -0.2) is 33.7 Å². The summed E-state index contributed by atoms with van der Waals surface area (Å²) in [5.41, 5.74) is 2.21. The molecule has 0 saturated heterocycles. The third-order valence-corrected chi connectivity index (χ3v) is 4.64. The number of halogens is 1. The Balaban J connectivity index is 3.04. The quantitative estimate of drug-likeness (QED) is 0.860. The van der Waals surface area contributed by atoms with Crippen molar-refractivity contribution in [2.45, 2.75) is 27.7 Å². The van der Waals surface area contributed by atoms with Crippen LogP contribution in [0, 0.1) is 19.8 Å². The molecule has 5 nitrogen and oxygen atoms in total. The van der Waals surface area contributed by atoms with Gasteiger partial charge < -0.3 is 5.32 Å². The molecule has 0 spiro atoms. The molecular formula is C15H23ClN2O3S. The molecule has 0 aromatic heterocycles. The summed E-state index contributed by atoms with van der Waals surface area (Å²) in [5.74, 6) is -0.253. The number of sulfonamides is 1. The molecule has 0 aliphatic carbocycles. The number of hydrogen-bond donors (Lipinski definition) is 1. The molecule has 0 unspecified atom stereocenters. The van der Waals surface area contributed by atoms with Gasteiger partial charge in [-0.25, -0.2) is 8.42 Å². The van der Waals surface area contributed by atoms with E-state index >= 15 is 0 Å². The first-order chi connectivity index (χ1) is 10.0. The van der Waals surface area contributed by atoms with Gasteiger partial charge in [0.2, 0.25) is 15.9 Å². The molecule has 0 heterocycles. The number of hydrogen-bond acceptors (Lipinski definition) is 3. The van der Waals surface area contributed by atoms with Gasteiger partial charge in [0.25, 0.3) is 0 Å². The number of nitrogens with zero attached hydrogens (tertiary/aromatic N) is 1. The Hall–Kier alpha value is -1.27. The Morgan fingerprint density at radius 1 is 1.32 bits per heavy atom. The van der Waals surface area contributed by atoms with E-state index in [0.29, 0.717) is 10.7 Å². The fraction of sp³-hybridized carbons (Fsp3) is 0.533. The molecule has 124 valence electrons. The lowest BCUT2D eigenvalue weighted by Crippen LogP contribution is -2.39. The third-order valence-electron chi connectivity index (χ3n) is 3.19. The van der Waals surface area contributed by atoms with Crippen LogP contribution in [0.2, 0.25) is 5.02 Å². The van der Waals surface area contributed by atoms with Crippen LogP contribution in [-0.2, 0) is 14.8 Å². The number of carbonyl (C=O) groups excluding carboxylic acids is 1. The van der Waals surface area contributed by atoms with Crippen molar-refractivity contribution in [3.8, 4) is 0 Å². The van der Waals surface area contributed by atoms with Crippen LogP contribution in [0.15, 0.2) is 12.1 Å². The molecule has 1 amide bonds. The highest BCUT2D eigenvalue weighted by Gasteiger charge is 2.22. The first-order valence-electron chi connectivity index (χ1n) is 7.06. The van der Waals surface area contributed by atoms with Crippen molar-refractivity contribution in [3.63, 3.8) is 0 Å². The molecule has 1 rings (SSSR count). The smallest absolute Gasteiger partial charge is 0.232 e. The second-order valence-electron chi connectivity index (χ2n) is 5.69. The van der Waals surface area contributed by atoms with Crippen LogP contribution >= 0.6 is 11.6 Å². The molecule has 1 aromatic rings. The molecule has 1 aromatic carbocycles. The average molecular weight is 347 g/mol. The van der Waals surface area contributed by atoms with Gasteiger partial charge in [0, 0.05) is 12.5 Å². The van der Waals surface area contributed by atoms with E-state index in [2.05, 4.69) is 5.32 Å². The Morgan fingerprint density at radius 2 is 1.91 bits per heavy atom. The number of amides is 1. The fourth-order valence-electron chi connectivity index (χ4n) is 2.15. The molecule has 0 aliphatic rings. The molecular weight excluding hydrogens is 324 g/mol. The summed E-state index contributed by atoms with van der Waals surface area (Å²) >= 11 is 6.23. The summed E-state index contributed by atoms with van der Waals surface area (Å²) < 4.78 is 25.4. The zero-order valence-electron chi connectivity index (χ0n) is 13.6. The zero-order valence-corrected chi connectivity index (χ0v) is 15.2. The Morgan fingerprint density at radius 3 is 2.36 bits per heavy atom. The maximum Gasteiger partial charge on any atom is 0.232 e. The van der Waals surface area contributed by atoms with Gasteiger partial charge in [-0.2, -0.15) is 0 Å². The van der Waals surface area contributed by atoms with E-state index in [0.717, 1.165) is 17.4 Å². The van der Waals surface area contributed by atoms with Gasteiger partial charge in [0.15, 0.2) is 0 Å². The monoisotopic (exact) mass is 346 g/mol. The summed E-state index contributed by atoms with van der Waals surface area (Å²) in [7, 11) is -3.50. The van der Waals surface area contributed by atoms with Crippen molar-refractivity contribution in [1.29, 1.82) is 0 Å². The van der Waals surface area contributed by atoms with E-state index in [1.165, 1.54) is 4.31 Å². The van der Waals surface area contributed by atoms with E-state index in [1.807, 2.05) is 19.9 Å². The molecule has 7 heteroatoms. The maximum absolute atomic E-state index is 12.1. The Labute approximate surface area is 137 Å². The minimum Gasteiger partial charge on any atom is -0.354 e. The van der Waals surface area contributed by atoms with Gasteiger partial charge in [-0.1, -0.05) is 31.5 Å². The number of benzene rings is 1. The number of rotatable bonds is 6. The van der Waals surface area contributed by atoms with Crippen molar-refractivity contribution >= 4 is 33.2 Å².